The van der Waals surface area contributed by atoms with Crippen molar-refractivity contribution < 1.29 is 14.3 Å². The number of hydrogen-bond acceptors (Lipinski definition) is 4. The molecule has 0 aliphatic carbocycles. The number of benzene rings is 2. The summed E-state index contributed by atoms with van der Waals surface area (Å²) in [6.45, 7) is 14.5. The van der Waals surface area contributed by atoms with Gasteiger partial charge in [-0.3, -0.25) is 14.7 Å². The molecule has 0 saturated carbocycles. The number of pyridine rings is 1. The van der Waals surface area contributed by atoms with Gasteiger partial charge >= 0.3 is 5.97 Å². The van der Waals surface area contributed by atoms with Crippen LogP contribution in [0.5, 0.6) is 0 Å². The van der Waals surface area contributed by atoms with Crippen molar-refractivity contribution in [1.29, 1.82) is 0 Å². The second-order valence-corrected chi connectivity index (χ2v) is 12.2. The topological polar surface area (TPSA) is 56.7 Å². The van der Waals surface area contributed by atoms with E-state index in [2.05, 4.69) is 41.8 Å². The highest BCUT2D eigenvalue weighted by Gasteiger charge is 2.30. The lowest BCUT2D eigenvalue weighted by molar-refractivity contribution is -0.136. The van der Waals surface area contributed by atoms with Crippen molar-refractivity contribution in [3.05, 3.63) is 81.4 Å². The van der Waals surface area contributed by atoms with E-state index in [-0.39, 0.29) is 12.2 Å². The lowest BCUT2D eigenvalue weighted by Crippen LogP contribution is -2.38. The van der Waals surface area contributed by atoms with Gasteiger partial charge in [-0.2, -0.15) is 0 Å². The summed E-state index contributed by atoms with van der Waals surface area (Å²) in [5.74, 6) is -0.935. The summed E-state index contributed by atoms with van der Waals surface area (Å²) in [7, 11) is 0. The molecule has 206 valence electrons. The SMILES string of the molecule is Cc1cccc(CN2CCc3cc(-c4c(C)nc(C)c(CC(=O)O)c4N4CCC(C)(C)CC4)ccc3C2)c1F. The Hall–Kier alpha value is -3.25. The molecule has 5 rings (SSSR count). The Balaban J connectivity index is 1.49. The Kier molecular flexibility index (Phi) is 7.51. The van der Waals surface area contributed by atoms with Crippen LogP contribution in [-0.2, 0) is 30.7 Å². The molecule has 6 heteroatoms. The zero-order valence-electron chi connectivity index (χ0n) is 23.9. The molecule has 2 aliphatic rings. The number of piperidine rings is 1. The fourth-order valence-electron chi connectivity index (χ4n) is 6.23. The maximum absolute atomic E-state index is 14.6. The highest BCUT2D eigenvalue weighted by molar-refractivity contribution is 5.86. The zero-order valence-corrected chi connectivity index (χ0v) is 23.9. The molecule has 0 spiro atoms. The molecule has 1 aromatic heterocycles. The fraction of sp³-hybridized carbons (Fsp3) is 0.455. The molecule has 2 aliphatic heterocycles. The van der Waals surface area contributed by atoms with Crippen LogP contribution in [-0.4, -0.2) is 40.6 Å². The summed E-state index contributed by atoms with van der Waals surface area (Å²) in [6.07, 6.45) is 3.00. The first-order chi connectivity index (χ1) is 18.5. The van der Waals surface area contributed by atoms with E-state index < -0.39 is 5.97 Å². The number of fused-ring (bicyclic) bond motifs is 1. The van der Waals surface area contributed by atoms with Crippen LogP contribution in [0.15, 0.2) is 36.4 Å². The highest BCUT2D eigenvalue weighted by atomic mass is 19.1. The minimum atomic E-state index is -0.830. The summed E-state index contributed by atoms with van der Waals surface area (Å²) in [5.41, 5.74) is 10.1. The predicted molar refractivity (Wildman–Crippen MR) is 155 cm³/mol. The van der Waals surface area contributed by atoms with Gasteiger partial charge in [0.2, 0.25) is 0 Å². The van der Waals surface area contributed by atoms with Crippen molar-refractivity contribution in [2.75, 3.05) is 24.5 Å². The molecular weight excluding hydrogens is 489 g/mol. The van der Waals surface area contributed by atoms with E-state index in [1.165, 1.54) is 11.1 Å². The minimum Gasteiger partial charge on any atom is -0.481 e. The van der Waals surface area contributed by atoms with Gasteiger partial charge in [0.05, 0.1) is 12.1 Å². The van der Waals surface area contributed by atoms with Crippen molar-refractivity contribution in [2.45, 2.75) is 73.4 Å². The summed E-state index contributed by atoms with van der Waals surface area (Å²) in [4.78, 5) is 21.5. The number of aryl methyl sites for hydroxylation is 3. The Morgan fingerprint density at radius 2 is 1.77 bits per heavy atom. The van der Waals surface area contributed by atoms with Crippen LogP contribution < -0.4 is 4.90 Å². The second kappa shape index (κ2) is 10.7. The number of aromatic nitrogens is 1. The largest absolute Gasteiger partial charge is 0.481 e. The monoisotopic (exact) mass is 529 g/mol. The number of anilines is 1. The van der Waals surface area contributed by atoms with Crippen LogP contribution >= 0.6 is 0 Å². The second-order valence-electron chi connectivity index (χ2n) is 12.2. The van der Waals surface area contributed by atoms with Crippen LogP contribution in [0, 0.1) is 32.0 Å². The number of carboxylic acids is 1. The van der Waals surface area contributed by atoms with Crippen molar-refractivity contribution >= 4 is 11.7 Å². The smallest absolute Gasteiger partial charge is 0.307 e. The standard InChI is InChI=1S/C33H40FN3O2/c1-21-7-6-8-27(31(21)34)20-36-14-11-24-17-25(9-10-26(24)19-36)30-23(3)35-22(2)28(18-29(38)39)32(30)37-15-12-33(4,5)13-16-37/h6-10,17H,11-16,18-20H2,1-5H3,(H,38,39). The van der Waals surface area contributed by atoms with Crippen LogP contribution in [0.3, 0.4) is 0 Å². The molecule has 0 unspecified atom stereocenters. The van der Waals surface area contributed by atoms with Crippen LogP contribution in [0.4, 0.5) is 10.1 Å². The lowest BCUT2D eigenvalue weighted by atomic mass is 9.82. The molecule has 3 heterocycles. The third kappa shape index (κ3) is 5.72. The first-order valence-corrected chi connectivity index (χ1v) is 14.1. The number of aliphatic carboxylic acids is 1. The fourth-order valence-corrected chi connectivity index (χ4v) is 6.23. The molecule has 5 nitrogen and oxygen atoms in total. The zero-order chi connectivity index (χ0) is 27.9. The van der Waals surface area contributed by atoms with E-state index in [4.69, 9.17) is 4.98 Å². The molecule has 2 aromatic carbocycles. The molecule has 0 radical (unpaired) electrons. The predicted octanol–water partition coefficient (Wildman–Crippen LogP) is 6.62. The first-order valence-electron chi connectivity index (χ1n) is 14.1. The number of hydrogen-bond donors (Lipinski definition) is 1. The van der Waals surface area contributed by atoms with Crippen molar-refractivity contribution in [1.82, 2.24) is 9.88 Å². The van der Waals surface area contributed by atoms with E-state index >= 15 is 0 Å². The normalized spacial score (nSPS) is 17.2. The quantitative estimate of drug-likeness (QED) is 0.389. The molecule has 0 bridgehead atoms. The molecule has 1 saturated heterocycles. The Labute approximate surface area is 231 Å². The maximum atomic E-state index is 14.6. The number of rotatable bonds is 6. The minimum absolute atomic E-state index is 0.0310. The molecule has 0 atom stereocenters. The van der Waals surface area contributed by atoms with Crippen molar-refractivity contribution in [3.8, 4) is 11.1 Å². The number of nitrogens with zero attached hydrogens (tertiary/aromatic N) is 3. The molecule has 0 amide bonds. The molecule has 1 fully saturated rings. The molecule has 39 heavy (non-hydrogen) atoms. The van der Waals surface area contributed by atoms with Gasteiger partial charge in [-0.15, -0.1) is 0 Å². The van der Waals surface area contributed by atoms with E-state index in [1.54, 1.807) is 0 Å². The first kappa shape index (κ1) is 27.3. The van der Waals surface area contributed by atoms with Gasteiger partial charge in [0.15, 0.2) is 0 Å². The molecule has 3 aromatic rings. The van der Waals surface area contributed by atoms with Gasteiger partial charge in [-0.25, -0.2) is 4.39 Å². The van der Waals surface area contributed by atoms with E-state index in [1.807, 2.05) is 39.0 Å². The number of halogens is 1. The van der Waals surface area contributed by atoms with Gasteiger partial charge < -0.3 is 10.0 Å². The van der Waals surface area contributed by atoms with Gasteiger partial charge in [0, 0.05) is 60.8 Å². The average Bonchev–Trinajstić information content (AvgIpc) is 2.88. The van der Waals surface area contributed by atoms with Gasteiger partial charge in [0.1, 0.15) is 5.82 Å². The van der Waals surface area contributed by atoms with E-state index in [0.29, 0.717) is 17.5 Å². The Morgan fingerprint density at radius 3 is 2.49 bits per heavy atom. The Bertz CT molecular complexity index is 1400. The van der Waals surface area contributed by atoms with Crippen LogP contribution in [0.2, 0.25) is 0 Å². The summed E-state index contributed by atoms with van der Waals surface area (Å²) in [5, 5.41) is 9.77. The molecular formula is C33H40FN3O2. The third-order valence-corrected chi connectivity index (χ3v) is 8.67. The van der Waals surface area contributed by atoms with Crippen molar-refractivity contribution in [3.63, 3.8) is 0 Å². The van der Waals surface area contributed by atoms with E-state index in [0.717, 1.165) is 84.8 Å². The third-order valence-electron chi connectivity index (χ3n) is 8.67. The summed E-state index contributed by atoms with van der Waals surface area (Å²) < 4.78 is 14.6. The summed E-state index contributed by atoms with van der Waals surface area (Å²) in [6, 6.07) is 12.3. The number of carbonyl (C=O) groups is 1. The molecule has 1 N–H and O–H groups in total. The van der Waals surface area contributed by atoms with Gasteiger partial charge in [-0.05, 0) is 67.7 Å². The maximum Gasteiger partial charge on any atom is 0.307 e. The van der Waals surface area contributed by atoms with Crippen LogP contribution in [0.1, 0.15) is 65.9 Å². The van der Waals surface area contributed by atoms with Gasteiger partial charge in [-0.1, -0.05) is 50.2 Å². The van der Waals surface area contributed by atoms with Gasteiger partial charge in [0.25, 0.3) is 0 Å². The average molecular weight is 530 g/mol. The highest BCUT2D eigenvalue weighted by Crippen LogP contribution is 2.42. The van der Waals surface area contributed by atoms with Crippen molar-refractivity contribution in [2.24, 2.45) is 5.41 Å². The number of carboxylic acid groups (broad SMARTS) is 1. The Morgan fingerprint density at radius 1 is 1.03 bits per heavy atom. The van der Waals surface area contributed by atoms with E-state index in [9.17, 15) is 14.3 Å². The van der Waals surface area contributed by atoms with Crippen LogP contribution in [0.25, 0.3) is 11.1 Å². The lowest BCUT2D eigenvalue weighted by Gasteiger charge is -2.40. The summed E-state index contributed by atoms with van der Waals surface area (Å²) >= 11 is 0.